The van der Waals surface area contributed by atoms with Gasteiger partial charge in [0.1, 0.15) is 6.61 Å². The fourth-order valence-electron chi connectivity index (χ4n) is 2.48. The van der Waals surface area contributed by atoms with Gasteiger partial charge in [-0.2, -0.15) is 0 Å². The van der Waals surface area contributed by atoms with E-state index in [0.717, 1.165) is 12.8 Å². The van der Waals surface area contributed by atoms with Gasteiger partial charge in [-0.3, -0.25) is 0 Å². The van der Waals surface area contributed by atoms with Gasteiger partial charge in [-0.25, -0.2) is 9.59 Å². The minimum atomic E-state index is -0.545. The van der Waals surface area contributed by atoms with Gasteiger partial charge in [0.2, 0.25) is 0 Å². The van der Waals surface area contributed by atoms with Crippen LogP contribution in [0.3, 0.4) is 0 Å². The number of hydrogen-bond acceptors (Lipinski definition) is 6. The van der Waals surface area contributed by atoms with Crippen LogP contribution in [-0.2, 0) is 20.7 Å². The van der Waals surface area contributed by atoms with E-state index in [4.69, 9.17) is 21.7 Å². The highest BCUT2D eigenvalue weighted by Gasteiger charge is 2.30. The molecule has 0 spiro atoms. The Morgan fingerprint density at radius 3 is 2.88 bits per heavy atom. The maximum absolute atomic E-state index is 12.5. The van der Waals surface area contributed by atoms with Crippen molar-refractivity contribution in [3.05, 3.63) is 33.7 Å². The first-order chi connectivity index (χ1) is 12.5. The quantitative estimate of drug-likeness (QED) is 0.352. The number of thiophene rings is 1. The fraction of sp³-hybridized carbons (Fsp3) is 0.471. The molecule has 1 amide bonds. The Balaban J connectivity index is 1.90. The highest BCUT2D eigenvalue weighted by Crippen LogP contribution is 2.16. The topological polar surface area (TPSA) is 88.7 Å². The van der Waals surface area contributed by atoms with Gasteiger partial charge in [0, 0.05) is 17.1 Å². The Hall–Kier alpha value is -2.13. The van der Waals surface area contributed by atoms with Crippen LogP contribution in [0.2, 0.25) is 0 Å². The molecule has 0 radical (unpaired) electrons. The molecule has 26 heavy (non-hydrogen) atoms. The molecule has 1 unspecified atom stereocenters. The minimum Gasteiger partial charge on any atom is -0.462 e. The summed E-state index contributed by atoms with van der Waals surface area (Å²) in [6.45, 7) is 4.30. The summed E-state index contributed by atoms with van der Waals surface area (Å²) in [7, 11) is 0. The molecule has 1 aliphatic heterocycles. The molecule has 9 heteroatoms. The van der Waals surface area contributed by atoms with Crippen molar-refractivity contribution in [2.45, 2.75) is 32.7 Å². The maximum Gasteiger partial charge on any atom is 0.407 e. The van der Waals surface area contributed by atoms with E-state index in [1.54, 1.807) is 25.2 Å². The predicted molar refractivity (Wildman–Crippen MR) is 104 cm³/mol. The summed E-state index contributed by atoms with van der Waals surface area (Å²) in [4.78, 5) is 25.3. The predicted octanol–water partition coefficient (Wildman–Crippen LogP) is 2.09. The molecule has 7 nitrogen and oxygen atoms in total. The summed E-state index contributed by atoms with van der Waals surface area (Å²) in [5.74, 6) is -0.444. The number of rotatable bonds is 8. The second kappa shape index (κ2) is 10.1. The molecule has 0 bridgehead atoms. The molecule has 0 saturated carbocycles. The van der Waals surface area contributed by atoms with E-state index in [-0.39, 0.29) is 6.61 Å². The fourth-order valence-corrected chi connectivity index (χ4v) is 3.53. The molecular weight excluding hydrogens is 374 g/mol. The van der Waals surface area contributed by atoms with Crippen molar-refractivity contribution in [1.82, 2.24) is 16.0 Å². The lowest BCUT2D eigenvalue weighted by Gasteiger charge is -2.29. The highest BCUT2D eigenvalue weighted by atomic mass is 32.1. The van der Waals surface area contributed by atoms with Crippen LogP contribution in [0.1, 0.15) is 25.1 Å². The minimum absolute atomic E-state index is 0.0232. The van der Waals surface area contributed by atoms with E-state index in [1.165, 1.54) is 4.88 Å². The lowest BCUT2D eigenvalue weighted by molar-refractivity contribution is -0.139. The number of hydrogen-bond donors (Lipinski definition) is 3. The number of alkyl carbamates (subject to hydrolysis) is 1. The molecule has 1 atom stereocenters. The molecule has 3 N–H and O–H groups in total. The zero-order chi connectivity index (χ0) is 18.9. The number of carbonyl (C=O) groups excluding carboxylic acids is 2. The van der Waals surface area contributed by atoms with Crippen LogP contribution in [0.4, 0.5) is 4.79 Å². The summed E-state index contributed by atoms with van der Waals surface area (Å²) < 4.78 is 10.5. The summed E-state index contributed by atoms with van der Waals surface area (Å²) in [5.41, 5.74) is 0.987. The Labute approximate surface area is 162 Å². The lowest BCUT2D eigenvalue weighted by atomic mass is 10.0. The average molecular weight is 398 g/mol. The third kappa shape index (κ3) is 5.99. The number of esters is 1. The third-order valence-electron chi connectivity index (χ3n) is 3.66. The number of aryl methyl sites for hydroxylation is 1. The summed E-state index contributed by atoms with van der Waals surface area (Å²) in [5, 5.41) is 10.8. The Bertz CT molecular complexity index is 674. The molecule has 1 aromatic heterocycles. The molecule has 0 aliphatic carbocycles. The van der Waals surface area contributed by atoms with E-state index in [1.807, 2.05) is 11.4 Å². The van der Waals surface area contributed by atoms with Gasteiger partial charge in [-0.05, 0) is 50.4 Å². The first-order valence-corrected chi connectivity index (χ1v) is 9.68. The highest BCUT2D eigenvalue weighted by molar-refractivity contribution is 7.80. The third-order valence-corrected chi connectivity index (χ3v) is 4.82. The zero-order valence-electron chi connectivity index (χ0n) is 14.8. The van der Waals surface area contributed by atoms with Crippen molar-refractivity contribution in [3.63, 3.8) is 0 Å². The van der Waals surface area contributed by atoms with Crippen molar-refractivity contribution >= 4 is 40.7 Å². The molecule has 2 rings (SSSR count). The van der Waals surface area contributed by atoms with Crippen molar-refractivity contribution in [2.75, 3.05) is 19.8 Å². The molecule has 0 saturated heterocycles. The van der Waals surface area contributed by atoms with Gasteiger partial charge >= 0.3 is 12.1 Å². The second-order valence-corrected chi connectivity index (χ2v) is 7.08. The maximum atomic E-state index is 12.5. The van der Waals surface area contributed by atoms with Gasteiger partial charge in [0.05, 0.1) is 18.2 Å². The van der Waals surface area contributed by atoms with Gasteiger partial charge in [0.25, 0.3) is 0 Å². The lowest BCUT2D eigenvalue weighted by Crippen LogP contribution is -2.52. The van der Waals surface area contributed by atoms with E-state index in [2.05, 4.69) is 22.0 Å². The Morgan fingerprint density at radius 2 is 2.19 bits per heavy atom. The van der Waals surface area contributed by atoms with E-state index >= 15 is 0 Å². The standard InChI is InChI=1S/C17H23N3O4S2/c1-3-18-17(22)24-10-13-14(11(2)19-16(25)20-13)15(21)23-8-4-6-12-7-5-9-26-12/h5,7,9,13H,3-4,6,8,10H2,1-2H3,(H,18,22)(H2,19,20,25). The van der Waals surface area contributed by atoms with Gasteiger partial charge in [0.15, 0.2) is 5.11 Å². The van der Waals surface area contributed by atoms with Gasteiger partial charge in [-0.15, -0.1) is 11.3 Å². The normalized spacial score (nSPS) is 16.5. The number of thiocarbonyl (C=S) groups is 1. The van der Waals surface area contributed by atoms with E-state index in [9.17, 15) is 9.59 Å². The van der Waals surface area contributed by atoms with E-state index < -0.39 is 18.1 Å². The number of amides is 1. The Morgan fingerprint density at radius 1 is 1.38 bits per heavy atom. The zero-order valence-corrected chi connectivity index (χ0v) is 16.4. The SMILES string of the molecule is CCNC(=O)OCC1NC(=S)NC(C)=C1C(=O)OCCCc1cccs1. The van der Waals surface area contributed by atoms with Crippen LogP contribution >= 0.6 is 23.6 Å². The van der Waals surface area contributed by atoms with Crippen molar-refractivity contribution in [1.29, 1.82) is 0 Å². The van der Waals surface area contributed by atoms with Crippen molar-refractivity contribution in [3.8, 4) is 0 Å². The molecule has 1 aliphatic rings. The number of ether oxygens (including phenoxy) is 2. The van der Waals surface area contributed by atoms with Crippen molar-refractivity contribution < 1.29 is 19.1 Å². The van der Waals surface area contributed by atoms with Crippen LogP contribution in [0.15, 0.2) is 28.8 Å². The van der Waals surface area contributed by atoms with Crippen LogP contribution < -0.4 is 16.0 Å². The summed E-state index contributed by atoms with van der Waals surface area (Å²) in [6, 6.07) is 3.52. The second-order valence-electron chi connectivity index (χ2n) is 5.64. The van der Waals surface area contributed by atoms with E-state index in [0.29, 0.717) is 29.5 Å². The molecule has 0 fully saturated rings. The monoisotopic (exact) mass is 397 g/mol. The summed E-state index contributed by atoms with van der Waals surface area (Å²) in [6.07, 6.45) is 1.07. The molecule has 0 aromatic carbocycles. The Kier molecular flexibility index (Phi) is 7.86. The number of nitrogens with one attached hydrogen (secondary N) is 3. The first-order valence-electron chi connectivity index (χ1n) is 8.39. The average Bonchev–Trinajstić information content (AvgIpc) is 3.10. The van der Waals surface area contributed by atoms with Crippen LogP contribution in [0.25, 0.3) is 0 Å². The first kappa shape index (κ1) is 20.2. The molecule has 1 aromatic rings. The van der Waals surface area contributed by atoms with Crippen molar-refractivity contribution in [2.24, 2.45) is 0 Å². The summed E-state index contributed by atoms with van der Waals surface area (Å²) >= 11 is 6.80. The number of allylic oxidation sites excluding steroid dienone is 1. The number of carbonyl (C=O) groups is 2. The molecule has 142 valence electrons. The smallest absolute Gasteiger partial charge is 0.407 e. The molecular formula is C17H23N3O4S2. The van der Waals surface area contributed by atoms with Crippen LogP contribution in [-0.4, -0.2) is 43.0 Å². The van der Waals surface area contributed by atoms with Gasteiger partial charge < -0.3 is 25.4 Å². The van der Waals surface area contributed by atoms with Crippen LogP contribution in [0, 0.1) is 0 Å². The van der Waals surface area contributed by atoms with Gasteiger partial charge in [-0.1, -0.05) is 6.07 Å². The molecule has 2 heterocycles. The van der Waals surface area contributed by atoms with Crippen LogP contribution in [0.5, 0.6) is 0 Å². The largest absolute Gasteiger partial charge is 0.462 e.